The molecule has 3 heteroatoms. The molecule has 1 aliphatic heterocycles. The summed E-state index contributed by atoms with van der Waals surface area (Å²) in [7, 11) is 0. The lowest BCUT2D eigenvalue weighted by atomic mass is 10.00. The van der Waals surface area contributed by atoms with Crippen molar-refractivity contribution in [2.75, 3.05) is 19.6 Å². The van der Waals surface area contributed by atoms with E-state index in [0.29, 0.717) is 6.04 Å². The van der Waals surface area contributed by atoms with Crippen LogP contribution in [0.4, 0.5) is 4.39 Å². The average molecular weight is 194 g/mol. The Kier molecular flexibility index (Phi) is 2.79. The van der Waals surface area contributed by atoms with Gasteiger partial charge in [0, 0.05) is 25.7 Å². The van der Waals surface area contributed by atoms with Gasteiger partial charge in [0.1, 0.15) is 5.82 Å². The average Bonchev–Trinajstić information content (AvgIpc) is 2.19. The maximum Gasteiger partial charge on any atom is 0.123 e. The molecule has 2 N–H and O–H groups in total. The SMILES string of the molecule is Cc1cc(F)ccc1[C@H]1CNCCN1. The smallest absolute Gasteiger partial charge is 0.123 e. The van der Waals surface area contributed by atoms with Gasteiger partial charge in [-0.05, 0) is 30.2 Å². The van der Waals surface area contributed by atoms with Gasteiger partial charge in [0.05, 0.1) is 0 Å². The third-order valence-electron chi connectivity index (χ3n) is 2.65. The highest BCUT2D eigenvalue weighted by atomic mass is 19.1. The largest absolute Gasteiger partial charge is 0.314 e. The molecule has 1 atom stereocenters. The second-order valence-electron chi connectivity index (χ2n) is 3.71. The number of hydrogen-bond acceptors (Lipinski definition) is 2. The lowest BCUT2D eigenvalue weighted by molar-refractivity contribution is 0.428. The summed E-state index contributed by atoms with van der Waals surface area (Å²) in [6, 6.07) is 5.31. The summed E-state index contributed by atoms with van der Waals surface area (Å²) in [6.07, 6.45) is 0. The number of hydrogen-bond donors (Lipinski definition) is 2. The molecule has 0 radical (unpaired) electrons. The zero-order valence-corrected chi connectivity index (χ0v) is 8.31. The minimum atomic E-state index is -0.157. The Morgan fingerprint density at radius 3 is 2.86 bits per heavy atom. The van der Waals surface area contributed by atoms with Crippen LogP contribution >= 0.6 is 0 Å². The normalized spacial score (nSPS) is 22.3. The summed E-state index contributed by atoms with van der Waals surface area (Å²) in [5.74, 6) is -0.157. The first-order valence-electron chi connectivity index (χ1n) is 4.97. The molecule has 1 aromatic rings. The lowest BCUT2D eigenvalue weighted by Gasteiger charge is -2.26. The summed E-state index contributed by atoms with van der Waals surface area (Å²) in [5, 5.41) is 6.73. The van der Waals surface area contributed by atoms with Crippen LogP contribution in [0.1, 0.15) is 17.2 Å². The second-order valence-corrected chi connectivity index (χ2v) is 3.71. The second kappa shape index (κ2) is 4.07. The fraction of sp³-hybridized carbons (Fsp3) is 0.455. The number of rotatable bonds is 1. The van der Waals surface area contributed by atoms with Crippen LogP contribution < -0.4 is 10.6 Å². The van der Waals surface area contributed by atoms with Crippen molar-refractivity contribution in [1.82, 2.24) is 10.6 Å². The Morgan fingerprint density at radius 1 is 1.36 bits per heavy atom. The fourth-order valence-corrected chi connectivity index (χ4v) is 1.90. The Bertz CT molecular complexity index is 319. The highest BCUT2D eigenvalue weighted by Gasteiger charge is 2.15. The first-order valence-corrected chi connectivity index (χ1v) is 4.97. The molecule has 76 valence electrons. The molecule has 1 saturated heterocycles. The Balaban J connectivity index is 2.22. The lowest BCUT2D eigenvalue weighted by Crippen LogP contribution is -2.42. The van der Waals surface area contributed by atoms with Crippen LogP contribution in [-0.2, 0) is 0 Å². The van der Waals surface area contributed by atoms with Crippen molar-refractivity contribution in [3.05, 3.63) is 35.1 Å². The first-order chi connectivity index (χ1) is 6.77. The minimum absolute atomic E-state index is 0.157. The number of nitrogens with one attached hydrogen (secondary N) is 2. The quantitative estimate of drug-likeness (QED) is 0.705. The van der Waals surface area contributed by atoms with Crippen LogP contribution in [0.2, 0.25) is 0 Å². The summed E-state index contributed by atoms with van der Waals surface area (Å²) >= 11 is 0. The van der Waals surface area contributed by atoms with Gasteiger partial charge >= 0.3 is 0 Å². The van der Waals surface area contributed by atoms with Crippen LogP contribution in [0.5, 0.6) is 0 Å². The van der Waals surface area contributed by atoms with E-state index in [1.807, 2.05) is 13.0 Å². The van der Waals surface area contributed by atoms with E-state index in [1.165, 1.54) is 11.6 Å². The zero-order valence-electron chi connectivity index (χ0n) is 8.31. The maximum atomic E-state index is 12.9. The highest BCUT2D eigenvalue weighted by Crippen LogP contribution is 2.18. The van der Waals surface area contributed by atoms with Gasteiger partial charge in [-0.15, -0.1) is 0 Å². The molecular formula is C11H15FN2. The van der Waals surface area contributed by atoms with Crippen LogP contribution in [-0.4, -0.2) is 19.6 Å². The van der Waals surface area contributed by atoms with Crippen molar-refractivity contribution < 1.29 is 4.39 Å². The molecule has 1 aliphatic rings. The fourth-order valence-electron chi connectivity index (χ4n) is 1.90. The van der Waals surface area contributed by atoms with Crippen molar-refractivity contribution in [2.24, 2.45) is 0 Å². The van der Waals surface area contributed by atoms with E-state index in [9.17, 15) is 4.39 Å². The topological polar surface area (TPSA) is 24.1 Å². The van der Waals surface area contributed by atoms with Crippen LogP contribution in [0.3, 0.4) is 0 Å². The van der Waals surface area contributed by atoms with Crippen molar-refractivity contribution in [3.63, 3.8) is 0 Å². The van der Waals surface area contributed by atoms with Crippen LogP contribution in [0.25, 0.3) is 0 Å². The van der Waals surface area contributed by atoms with Gasteiger partial charge in [0.25, 0.3) is 0 Å². The molecule has 2 nitrogen and oxygen atoms in total. The minimum Gasteiger partial charge on any atom is -0.314 e. The van der Waals surface area contributed by atoms with E-state index in [4.69, 9.17) is 0 Å². The van der Waals surface area contributed by atoms with E-state index >= 15 is 0 Å². The first kappa shape index (κ1) is 9.62. The molecule has 0 saturated carbocycles. The van der Waals surface area contributed by atoms with Gasteiger partial charge in [0.15, 0.2) is 0 Å². The number of piperazine rings is 1. The van der Waals surface area contributed by atoms with Crippen molar-refractivity contribution in [3.8, 4) is 0 Å². The third-order valence-corrected chi connectivity index (χ3v) is 2.65. The molecule has 0 unspecified atom stereocenters. The van der Waals surface area contributed by atoms with Gasteiger partial charge < -0.3 is 10.6 Å². The monoisotopic (exact) mass is 194 g/mol. The van der Waals surface area contributed by atoms with Gasteiger partial charge in [-0.25, -0.2) is 4.39 Å². The predicted octanol–water partition coefficient (Wildman–Crippen LogP) is 1.37. The van der Waals surface area contributed by atoms with E-state index in [-0.39, 0.29) is 5.82 Å². The molecule has 0 aromatic heterocycles. The van der Waals surface area contributed by atoms with Crippen LogP contribution in [0.15, 0.2) is 18.2 Å². The summed E-state index contributed by atoms with van der Waals surface area (Å²) in [5.41, 5.74) is 2.21. The molecule has 0 bridgehead atoms. The van der Waals surface area contributed by atoms with Gasteiger partial charge in [-0.2, -0.15) is 0 Å². The third kappa shape index (κ3) is 1.94. The van der Waals surface area contributed by atoms with Crippen molar-refractivity contribution in [2.45, 2.75) is 13.0 Å². The highest BCUT2D eigenvalue weighted by molar-refractivity contribution is 5.30. The number of halogens is 1. The Morgan fingerprint density at radius 2 is 2.21 bits per heavy atom. The predicted molar refractivity (Wildman–Crippen MR) is 54.8 cm³/mol. The molecule has 1 heterocycles. The molecular weight excluding hydrogens is 179 g/mol. The van der Waals surface area contributed by atoms with Gasteiger partial charge in [-0.1, -0.05) is 6.07 Å². The van der Waals surface area contributed by atoms with Crippen LogP contribution in [0, 0.1) is 12.7 Å². The standard InChI is InChI=1S/C11H15FN2/c1-8-6-9(12)2-3-10(8)11-7-13-4-5-14-11/h2-3,6,11,13-14H,4-5,7H2,1H3/t11-/m1/s1. The van der Waals surface area contributed by atoms with E-state index in [2.05, 4.69) is 10.6 Å². The Labute approximate surface area is 83.5 Å². The molecule has 0 spiro atoms. The van der Waals surface area contributed by atoms with Gasteiger partial charge in [-0.3, -0.25) is 0 Å². The molecule has 0 amide bonds. The molecule has 14 heavy (non-hydrogen) atoms. The summed E-state index contributed by atoms with van der Waals surface area (Å²) in [4.78, 5) is 0. The molecule has 1 fully saturated rings. The summed E-state index contributed by atoms with van der Waals surface area (Å²) < 4.78 is 12.9. The maximum absolute atomic E-state index is 12.9. The summed E-state index contributed by atoms with van der Waals surface area (Å²) in [6.45, 7) is 4.86. The molecule has 1 aromatic carbocycles. The van der Waals surface area contributed by atoms with Gasteiger partial charge in [0.2, 0.25) is 0 Å². The van der Waals surface area contributed by atoms with E-state index in [1.54, 1.807) is 6.07 Å². The van der Waals surface area contributed by atoms with E-state index in [0.717, 1.165) is 25.2 Å². The molecule has 0 aliphatic carbocycles. The molecule has 2 rings (SSSR count). The zero-order chi connectivity index (χ0) is 9.97. The van der Waals surface area contributed by atoms with Crippen molar-refractivity contribution in [1.29, 1.82) is 0 Å². The number of aryl methyl sites for hydroxylation is 1. The van der Waals surface area contributed by atoms with Crippen molar-refractivity contribution >= 4 is 0 Å². The van der Waals surface area contributed by atoms with E-state index < -0.39 is 0 Å². The number of benzene rings is 1. The Hall–Kier alpha value is -0.930.